The van der Waals surface area contributed by atoms with E-state index >= 15 is 0 Å². The molecular formula is C15H23N3O3. The van der Waals surface area contributed by atoms with Crippen molar-refractivity contribution in [3.63, 3.8) is 0 Å². The molecule has 6 heteroatoms. The summed E-state index contributed by atoms with van der Waals surface area (Å²) in [5.74, 6) is 0.0146. The maximum absolute atomic E-state index is 12.3. The number of nitrogens with zero attached hydrogens (tertiary/aromatic N) is 1. The van der Waals surface area contributed by atoms with Gasteiger partial charge >= 0.3 is 0 Å². The van der Waals surface area contributed by atoms with Crippen LogP contribution in [0.1, 0.15) is 43.2 Å². The molecule has 116 valence electrons. The van der Waals surface area contributed by atoms with Crippen LogP contribution in [0.4, 0.5) is 0 Å². The molecule has 0 saturated carbocycles. The van der Waals surface area contributed by atoms with Crippen molar-refractivity contribution in [2.24, 2.45) is 5.73 Å². The molecule has 1 aromatic rings. The van der Waals surface area contributed by atoms with E-state index in [0.29, 0.717) is 6.54 Å². The third-order valence-electron chi connectivity index (χ3n) is 3.85. The number of hydrogen-bond donors (Lipinski definition) is 2. The standard InChI is InChI=1S/C15H23N3O3/c1-11(16)12-5-2-3-9-18(12)14(19)7-8-17-15(20)13-6-4-10-21-13/h4,6,10-12H,2-3,5,7-9,16H2,1H3,(H,17,20). The summed E-state index contributed by atoms with van der Waals surface area (Å²) in [6, 6.07) is 3.34. The van der Waals surface area contributed by atoms with Gasteiger partial charge in [0.2, 0.25) is 5.91 Å². The maximum Gasteiger partial charge on any atom is 0.286 e. The molecule has 0 radical (unpaired) electrons. The minimum Gasteiger partial charge on any atom is -0.459 e. The second-order valence-electron chi connectivity index (χ2n) is 5.49. The highest BCUT2D eigenvalue weighted by Crippen LogP contribution is 2.19. The molecule has 21 heavy (non-hydrogen) atoms. The molecule has 2 unspecified atom stereocenters. The van der Waals surface area contributed by atoms with E-state index in [1.165, 1.54) is 6.26 Å². The molecule has 0 aliphatic carbocycles. The second kappa shape index (κ2) is 7.26. The predicted molar refractivity (Wildman–Crippen MR) is 78.7 cm³/mol. The van der Waals surface area contributed by atoms with Crippen molar-refractivity contribution in [1.82, 2.24) is 10.2 Å². The summed E-state index contributed by atoms with van der Waals surface area (Å²) in [5, 5.41) is 2.69. The van der Waals surface area contributed by atoms with Gasteiger partial charge in [0.1, 0.15) is 0 Å². The zero-order valence-electron chi connectivity index (χ0n) is 12.4. The summed E-state index contributed by atoms with van der Waals surface area (Å²) < 4.78 is 4.99. The van der Waals surface area contributed by atoms with E-state index in [1.807, 2.05) is 11.8 Å². The van der Waals surface area contributed by atoms with Crippen LogP contribution in [0.5, 0.6) is 0 Å². The lowest BCUT2D eigenvalue weighted by atomic mass is 9.96. The third kappa shape index (κ3) is 4.07. The van der Waals surface area contributed by atoms with Crippen LogP contribution in [0, 0.1) is 0 Å². The molecule has 1 fully saturated rings. The Bertz CT molecular complexity index is 471. The number of nitrogens with two attached hydrogens (primary N) is 1. The molecular weight excluding hydrogens is 270 g/mol. The lowest BCUT2D eigenvalue weighted by Gasteiger charge is -2.38. The molecule has 2 heterocycles. The Balaban J connectivity index is 1.79. The number of nitrogens with one attached hydrogen (secondary N) is 1. The summed E-state index contributed by atoms with van der Waals surface area (Å²) >= 11 is 0. The van der Waals surface area contributed by atoms with E-state index in [4.69, 9.17) is 10.2 Å². The third-order valence-corrected chi connectivity index (χ3v) is 3.85. The smallest absolute Gasteiger partial charge is 0.286 e. The van der Waals surface area contributed by atoms with Gasteiger partial charge in [0, 0.05) is 31.6 Å². The van der Waals surface area contributed by atoms with E-state index < -0.39 is 0 Å². The minimum atomic E-state index is -0.296. The Morgan fingerprint density at radius 1 is 1.52 bits per heavy atom. The molecule has 2 atom stereocenters. The van der Waals surface area contributed by atoms with Gasteiger partial charge in [-0.2, -0.15) is 0 Å². The molecule has 1 aliphatic heterocycles. The fraction of sp³-hybridized carbons (Fsp3) is 0.600. The van der Waals surface area contributed by atoms with Crippen LogP contribution in [0.25, 0.3) is 0 Å². The Kier molecular flexibility index (Phi) is 5.38. The molecule has 1 aliphatic rings. The van der Waals surface area contributed by atoms with Crippen LogP contribution in [-0.2, 0) is 4.79 Å². The minimum absolute atomic E-state index is 0.0213. The van der Waals surface area contributed by atoms with Crippen molar-refractivity contribution in [2.45, 2.75) is 44.7 Å². The van der Waals surface area contributed by atoms with Gasteiger partial charge in [-0.3, -0.25) is 9.59 Å². The summed E-state index contributed by atoms with van der Waals surface area (Å²) in [4.78, 5) is 25.8. The molecule has 0 aromatic carbocycles. The monoisotopic (exact) mass is 293 g/mol. The van der Waals surface area contributed by atoms with Crippen LogP contribution in [0.3, 0.4) is 0 Å². The number of rotatable bonds is 5. The first-order valence-corrected chi connectivity index (χ1v) is 7.46. The van der Waals surface area contributed by atoms with E-state index in [9.17, 15) is 9.59 Å². The van der Waals surface area contributed by atoms with E-state index in [-0.39, 0.29) is 36.1 Å². The van der Waals surface area contributed by atoms with Crippen molar-refractivity contribution in [3.05, 3.63) is 24.2 Å². The first-order valence-electron chi connectivity index (χ1n) is 7.46. The van der Waals surface area contributed by atoms with Gasteiger partial charge in [0.15, 0.2) is 5.76 Å². The first kappa shape index (κ1) is 15.6. The summed E-state index contributed by atoms with van der Waals surface area (Å²) in [6.07, 6.45) is 4.83. The zero-order chi connectivity index (χ0) is 15.2. The van der Waals surface area contributed by atoms with E-state index in [1.54, 1.807) is 12.1 Å². The molecule has 1 saturated heterocycles. The van der Waals surface area contributed by atoms with Crippen LogP contribution >= 0.6 is 0 Å². The Morgan fingerprint density at radius 2 is 2.33 bits per heavy atom. The number of carbonyl (C=O) groups is 2. The summed E-state index contributed by atoms with van der Waals surface area (Å²) in [7, 11) is 0. The fourth-order valence-corrected chi connectivity index (χ4v) is 2.74. The summed E-state index contributed by atoms with van der Waals surface area (Å²) in [5.41, 5.74) is 5.96. The van der Waals surface area contributed by atoms with Gasteiger partial charge in [-0.15, -0.1) is 0 Å². The molecule has 6 nitrogen and oxygen atoms in total. The quantitative estimate of drug-likeness (QED) is 0.851. The van der Waals surface area contributed by atoms with Gasteiger partial charge in [-0.1, -0.05) is 0 Å². The lowest BCUT2D eigenvalue weighted by Crippen LogP contribution is -2.52. The van der Waals surface area contributed by atoms with Crippen molar-refractivity contribution in [2.75, 3.05) is 13.1 Å². The normalized spacial score (nSPS) is 20.1. The number of amides is 2. The average molecular weight is 293 g/mol. The van der Waals surface area contributed by atoms with Crippen molar-refractivity contribution < 1.29 is 14.0 Å². The largest absolute Gasteiger partial charge is 0.459 e. The fourth-order valence-electron chi connectivity index (χ4n) is 2.74. The predicted octanol–water partition coefficient (Wildman–Crippen LogP) is 1.13. The number of carbonyl (C=O) groups excluding carboxylic acids is 2. The topological polar surface area (TPSA) is 88.6 Å². The molecule has 1 aromatic heterocycles. The molecule has 0 bridgehead atoms. The van der Waals surface area contributed by atoms with Crippen molar-refractivity contribution >= 4 is 11.8 Å². The van der Waals surface area contributed by atoms with E-state index in [0.717, 1.165) is 25.8 Å². The Labute approximate surface area is 124 Å². The van der Waals surface area contributed by atoms with Gasteiger partial charge in [0.05, 0.1) is 6.26 Å². The van der Waals surface area contributed by atoms with Gasteiger partial charge < -0.3 is 20.4 Å². The average Bonchev–Trinajstić information content (AvgIpc) is 3.01. The SMILES string of the molecule is CC(N)C1CCCCN1C(=O)CCNC(=O)c1ccco1. The van der Waals surface area contributed by atoms with Crippen LogP contribution in [0.2, 0.25) is 0 Å². The Hall–Kier alpha value is -1.82. The molecule has 2 amide bonds. The highest BCUT2D eigenvalue weighted by molar-refractivity contribution is 5.91. The molecule has 3 N–H and O–H groups in total. The highest BCUT2D eigenvalue weighted by atomic mass is 16.3. The van der Waals surface area contributed by atoms with Crippen LogP contribution < -0.4 is 11.1 Å². The molecule has 2 rings (SSSR count). The van der Waals surface area contributed by atoms with Crippen molar-refractivity contribution in [3.8, 4) is 0 Å². The number of piperidine rings is 1. The first-order chi connectivity index (χ1) is 10.1. The van der Waals surface area contributed by atoms with Crippen LogP contribution in [-0.4, -0.2) is 41.9 Å². The lowest BCUT2D eigenvalue weighted by molar-refractivity contribution is -0.135. The highest BCUT2D eigenvalue weighted by Gasteiger charge is 2.28. The van der Waals surface area contributed by atoms with Crippen LogP contribution in [0.15, 0.2) is 22.8 Å². The molecule has 0 spiro atoms. The number of likely N-dealkylation sites (tertiary alicyclic amines) is 1. The zero-order valence-corrected chi connectivity index (χ0v) is 12.4. The van der Waals surface area contributed by atoms with Gasteiger partial charge in [-0.25, -0.2) is 0 Å². The van der Waals surface area contributed by atoms with Gasteiger partial charge in [0.25, 0.3) is 5.91 Å². The Morgan fingerprint density at radius 3 is 3.00 bits per heavy atom. The summed E-state index contributed by atoms with van der Waals surface area (Å²) in [6.45, 7) is 3.01. The number of furan rings is 1. The second-order valence-corrected chi connectivity index (χ2v) is 5.49. The number of hydrogen-bond acceptors (Lipinski definition) is 4. The van der Waals surface area contributed by atoms with E-state index in [2.05, 4.69) is 5.32 Å². The van der Waals surface area contributed by atoms with Crippen molar-refractivity contribution in [1.29, 1.82) is 0 Å². The van der Waals surface area contributed by atoms with Gasteiger partial charge in [-0.05, 0) is 38.3 Å². The maximum atomic E-state index is 12.3.